The van der Waals surface area contributed by atoms with Crippen molar-refractivity contribution in [2.75, 3.05) is 20.3 Å². The molecule has 13 heteroatoms. The molecule has 1 aromatic carbocycles. The minimum absolute atomic E-state index is 0.0143. The number of carboxylic acids is 1. The average molecular weight is 562 g/mol. The predicted octanol–water partition coefficient (Wildman–Crippen LogP) is 3.76. The van der Waals surface area contributed by atoms with Crippen LogP contribution in [0.5, 0.6) is 11.5 Å². The number of rotatable bonds is 12. The molecule has 0 unspecified atom stereocenters. The fourth-order valence-corrected chi connectivity index (χ4v) is 5.01. The van der Waals surface area contributed by atoms with E-state index in [2.05, 4.69) is 4.74 Å². The second kappa shape index (κ2) is 12.3. The van der Waals surface area contributed by atoms with E-state index in [0.717, 1.165) is 11.3 Å². The molecule has 2 aromatic heterocycles. The van der Waals surface area contributed by atoms with Crippen molar-refractivity contribution in [3.05, 3.63) is 73.1 Å². The van der Waals surface area contributed by atoms with Crippen LogP contribution < -0.4 is 19.3 Å². The Morgan fingerprint density at radius 1 is 1.19 bits per heavy atom. The number of carboxylic acid groups (broad SMARTS) is 1. The minimum atomic E-state index is -3.11. The topological polar surface area (TPSA) is 109 Å². The van der Waals surface area contributed by atoms with Crippen molar-refractivity contribution >= 4 is 46.8 Å². The van der Waals surface area contributed by atoms with Gasteiger partial charge in [-0.1, -0.05) is 29.3 Å². The van der Waals surface area contributed by atoms with Crippen molar-refractivity contribution in [1.82, 2.24) is 0 Å². The Morgan fingerprint density at radius 2 is 1.89 bits per heavy atom. The van der Waals surface area contributed by atoms with Crippen LogP contribution in [0.2, 0.25) is 10.0 Å². The van der Waals surface area contributed by atoms with Crippen LogP contribution in [0.1, 0.15) is 42.0 Å². The van der Waals surface area contributed by atoms with Gasteiger partial charge in [-0.3, -0.25) is 10.0 Å². The molecule has 2 heterocycles. The largest absolute Gasteiger partial charge is 0.544 e. The number of pyridine rings is 1. The van der Waals surface area contributed by atoms with Crippen LogP contribution in [-0.4, -0.2) is 44.4 Å². The van der Waals surface area contributed by atoms with Gasteiger partial charge in [0.1, 0.15) is 16.7 Å². The summed E-state index contributed by atoms with van der Waals surface area (Å²) in [5.74, 6) is -2.56. The van der Waals surface area contributed by atoms with Gasteiger partial charge in [0.25, 0.3) is 0 Å². The second-order valence-electron chi connectivity index (χ2n) is 7.33. The molecule has 0 aliphatic carbocycles. The third-order valence-corrected chi connectivity index (χ3v) is 6.77. The number of carbonyl (C=O) groups is 2. The first-order valence-corrected chi connectivity index (χ1v) is 11.8. The highest BCUT2D eigenvalue weighted by Crippen LogP contribution is 2.40. The molecule has 1 atom stereocenters. The number of methoxy groups -OCH3 is 1. The van der Waals surface area contributed by atoms with E-state index >= 15 is 0 Å². The number of hydrogen-bond donors (Lipinski definition) is 1. The third kappa shape index (κ3) is 6.61. The number of thiophene rings is 1. The van der Waals surface area contributed by atoms with Crippen LogP contribution in [0.25, 0.3) is 0 Å². The Kier molecular flexibility index (Phi) is 9.43. The highest BCUT2D eigenvalue weighted by Gasteiger charge is 2.27. The van der Waals surface area contributed by atoms with Gasteiger partial charge in [0, 0.05) is 23.3 Å². The van der Waals surface area contributed by atoms with Crippen molar-refractivity contribution in [3.8, 4) is 11.5 Å². The molecular formula is C23H19Cl2F2NO7S. The first kappa shape index (κ1) is 27.6. The van der Waals surface area contributed by atoms with E-state index in [1.54, 1.807) is 0 Å². The van der Waals surface area contributed by atoms with Crippen molar-refractivity contribution < 1.29 is 47.6 Å². The van der Waals surface area contributed by atoms with Crippen LogP contribution >= 0.6 is 34.5 Å². The summed E-state index contributed by atoms with van der Waals surface area (Å²) in [5, 5.41) is 21.8. The number of hydrogen-bond acceptors (Lipinski definition) is 8. The van der Waals surface area contributed by atoms with Crippen LogP contribution in [0.15, 0.2) is 36.7 Å². The van der Waals surface area contributed by atoms with Crippen molar-refractivity contribution in [2.24, 2.45) is 0 Å². The highest BCUT2D eigenvalue weighted by molar-refractivity contribution is 7.15. The van der Waals surface area contributed by atoms with Crippen molar-refractivity contribution in [3.63, 3.8) is 0 Å². The molecule has 0 amide bonds. The molecule has 0 saturated carbocycles. The lowest BCUT2D eigenvalue weighted by Gasteiger charge is -2.22. The van der Waals surface area contributed by atoms with E-state index in [-0.39, 0.29) is 56.5 Å². The number of carbonyl (C=O) groups excluding carboxylic acids is 2. The fraction of sp³-hybridized carbons (Fsp3) is 0.261. The van der Waals surface area contributed by atoms with Gasteiger partial charge in [0.2, 0.25) is 12.4 Å². The SMILES string of the molecule is COCCOc1cc([C@H](Cc2c(Cl)c[n+](O)cc2Cl)c2cc(C=O)sc2C(=O)[O-])ccc1OC(F)F. The average Bonchev–Trinajstić information content (AvgIpc) is 3.24. The van der Waals surface area contributed by atoms with E-state index < -0.39 is 18.5 Å². The van der Waals surface area contributed by atoms with E-state index in [0.29, 0.717) is 22.1 Å². The molecular weight excluding hydrogens is 543 g/mol. The summed E-state index contributed by atoms with van der Waals surface area (Å²) in [4.78, 5) is 23.2. The lowest BCUT2D eigenvalue weighted by atomic mass is 9.85. The van der Waals surface area contributed by atoms with Crippen molar-refractivity contribution in [1.29, 1.82) is 0 Å². The quantitative estimate of drug-likeness (QED) is 0.155. The summed E-state index contributed by atoms with van der Waals surface area (Å²) in [7, 11) is 1.44. The number of ether oxygens (including phenoxy) is 3. The van der Waals surface area contributed by atoms with E-state index in [9.17, 15) is 28.7 Å². The number of halogens is 4. The molecule has 192 valence electrons. The molecule has 36 heavy (non-hydrogen) atoms. The molecule has 0 fully saturated rings. The van der Waals surface area contributed by atoms with Gasteiger partial charge in [-0.15, -0.1) is 11.3 Å². The first-order chi connectivity index (χ1) is 17.1. The molecule has 0 saturated heterocycles. The number of aldehydes is 1. The molecule has 3 aromatic rings. The Labute approximate surface area is 218 Å². The summed E-state index contributed by atoms with van der Waals surface area (Å²) < 4.78 is 41.6. The maximum atomic E-state index is 12.9. The summed E-state index contributed by atoms with van der Waals surface area (Å²) in [5.41, 5.74) is 1.02. The monoisotopic (exact) mass is 561 g/mol. The summed E-state index contributed by atoms with van der Waals surface area (Å²) in [6, 6.07) is 5.55. The van der Waals surface area contributed by atoms with Gasteiger partial charge in [0.15, 0.2) is 17.8 Å². The molecule has 0 aliphatic rings. The first-order valence-electron chi connectivity index (χ1n) is 10.2. The molecule has 0 bridgehead atoms. The Hall–Kier alpha value is -2.99. The zero-order chi connectivity index (χ0) is 26.4. The predicted molar refractivity (Wildman–Crippen MR) is 124 cm³/mol. The van der Waals surface area contributed by atoms with Gasteiger partial charge in [-0.25, -0.2) is 0 Å². The number of alkyl halides is 2. The minimum Gasteiger partial charge on any atom is -0.544 e. The molecule has 0 aliphatic heterocycles. The molecule has 0 radical (unpaired) electrons. The van der Waals surface area contributed by atoms with E-state index in [1.165, 1.54) is 43.8 Å². The van der Waals surface area contributed by atoms with Gasteiger partial charge in [-0.05, 0) is 35.7 Å². The highest BCUT2D eigenvalue weighted by atomic mass is 35.5. The standard InChI is InChI=1S/C23H19Cl2F2NO7S/c1-33-4-5-34-20-6-12(2-3-19(20)35-23(26)27)14(8-16-17(24)9-28(32)10-18(16)25)15-7-13(11-29)36-21(15)22(30)31/h2-3,6-7,9-11,14,23H,4-5,8H2,1H3,(H-,30,31,32)/t14-/m0/s1. The maximum absolute atomic E-state index is 12.9. The zero-order valence-electron chi connectivity index (χ0n) is 18.6. The molecule has 8 nitrogen and oxygen atoms in total. The smallest absolute Gasteiger partial charge is 0.387 e. The Bertz CT molecular complexity index is 1230. The van der Waals surface area contributed by atoms with Crippen molar-refractivity contribution in [2.45, 2.75) is 19.0 Å². The van der Waals surface area contributed by atoms with E-state index in [4.69, 9.17) is 32.7 Å². The maximum Gasteiger partial charge on any atom is 0.387 e. The Balaban J connectivity index is 2.18. The van der Waals surface area contributed by atoms with Crippen LogP contribution in [0.3, 0.4) is 0 Å². The summed E-state index contributed by atoms with van der Waals surface area (Å²) in [6.07, 6.45) is 2.92. The fourth-order valence-electron chi connectivity index (χ4n) is 3.53. The molecule has 0 spiro atoms. The Morgan fingerprint density at radius 3 is 2.47 bits per heavy atom. The number of aromatic carboxylic acids is 1. The molecule has 1 N–H and O–H groups in total. The molecule has 3 rings (SSSR count). The van der Waals surface area contributed by atoms with Gasteiger partial charge in [0.05, 0.1) is 22.3 Å². The third-order valence-electron chi connectivity index (χ3n) is 5.06. The van der Waals surface area contributed by atoms with Gasteiger partial charge in [-0.2, -0.15) is 8.78 Å². The summed E-state index contributed by atoms with van der Waals surface area (Å²) >= 11 is 13.3. The lowest BCUT2D eigenvalue weighted by molar-refractivity contribution is -0.904. The normalized spacial score (nSPS) is 11.9. The summed E-state index contributed by atoms with van der Waals surface area (Å²) in [6.45, 7) is -2.92. The van der Waals surface area contributed by atoms with Crippen LogP contribution in [0, 0.1) is 0 Å². The zero-order valence-corrected chi connectivity index (χ0v) is 20.9. The number of aromatic nitrogens is 1. The number of benzene rings is 1. The second-order valence-corrected chi connectivity index (χ2v) is 9.23. The van der Waals surface area contributed by atoms with Gasteiger partial charge >= 0.3 is 6.61 Å². The van der Waals surface area contributed by atoms with Crippen LogP contribution in [0.4, 0.5) is 8.78 Å². The van der Waals surface area contributed by atoms with Gasteiger partial charge < -0.3 is 24.1 Å². The number of nitrogens with zero attached hydrogens (tertiary/aromatic N) is 1. The van der Waals surface area contributed by atoms with E-state index in [1.807, 2.05) is 0 Å². The lowest BCUT2D eigenvalue weighted by Crippen LogP contribution is -2.29. The van der Waals surface area contributed by atoms with Crippen LogP contribution in [-0.2, 0) is 11.2 Å².